The van der Waals surface area contributed by atoms with Gasteiger partial charge in [0, 0.05) is 6.04 Å². The Morgan fingerprint density at radius 2 is 2.10 bits per heavy atom. The predicted octanol–water partition coefficient (Wildman–Crippen LogP) is 2.00. The Morgan fingerprint density at radius 1 is 1.33 bits per heavy atom. The average Bonchev–Trinajstić information content (AvgIpc) is 2.90. The molecule has 1 aromatic heterocycles. The Hall–Kier alpha value is -1.95. The quantitative estimate of drug-likeness (QED) is 0.931. The molecule has 0 bridgehead atoms. The number of hydrogen-bond donors (Lipinski definition) is 1. The minimum absolute atomic E-state index is 0.275. The van der Waals surface area contributed by atoms with Crippen molar-refractivity contribution < 1.29 is 9.90 Å². The molecular weight excluding hydrogens is 268 g/mol. The van der Waals surface area contributed by atoms with Crippen LogP contribution in [0.1, 0.15) is 36.5 Å². The second-order valence-corrected chi connectivity index (χ2v) is 5.73. The molecule has 0 saturated carbocycles. The van der Waals surface area contributed by atoms with Gasteiger partial charge in [-0.05, 0) is 51.1 Å². The van der Waals surface area contributed by atoms with Crippen LogP contribution in [0.2, 0.25) is 0 Å². The van der Waals surface area contributed by atoms with Crippen LogP contribution in [0.4, 0.5) is 0 Å². The molecule has 1 aliphatic heterocycles. The molecule has 1 aromatic carbocycles. The summed E-state index contributed by atoms with van der Waals surface area (Å²) in [7, 11) is 0. The fourth-order valence-corrected chi connectivity index (χ4v) is 2.96. The standard InChI is InChI=1S/C15H20N4O2/c1-11(18-7-3-2-4-8-18)10-19-14-9-12(15(20)21)5-6-13(14)16-17-19/h5-6,9,11H,2-4,7-8,10H2,1H3,(H,20,21). The van der Waals surface area contributed by atoms with E-state index < -0.39 is 5.97 Å². The van der Waals surface area contributed by atoms with E-state index in [1.807, 2.05) is 4.68 Å². The normalized spacial score (nSPS) is 18.0. The minimum atomic E-state index is -0.922. The number of nitrogens with zero attached hydrogens (tertiary/aromatic N) is 4. The first-order valence-corrected chi connectivity index (χ1v) is 7.46. The number of aromatic carboxylic acids is 1. The zero-order chi connectivity index (χ0) is 14.8. The van der Waals surface area contributed by atoms with E-state index in [1.54, 1.807) is 18.2 Å². The summed E-state index contributed by atoms with van der Waals surface area (Å²) in [6.07, 6.45) is 3.83. The molecule has 21 heavy (non-hydrogen) atoms. The van der Waals surface area contributed by atoms with Crippen molar-refractivity contribution in [3.05, 3.63) is 23.8 Å². The highest BCUT2D eigenvalue weighted by molar-refractivity contribution is 5.92. The highest BCUT2D eigenvalue weighted by atomic mass is 16.4. The fraction of sp³-hybridized carbons (Fsp3) is 0.533. The topological polar surface area (TPSA) is 71.2 Å². The number of likely N-dealkylation sites (tertiary alicyclic amines) is 1. The summed E-state index contributed by atoms with van der Waals surface area (Å²) in [4.78, 5) is 13.6. The molecular formula is C15H20N4O2. The van der Waals surface area contributed by atoms with Crippen molar-refractivity contribution in [2.45, 2.75) is 38.8 Å². The lowest BCUT2D eigenvalue weighted by molar-refractivity contribution is 0.0697. The van der Waals surface area contributed by atoms with Gasteiger partial charge >= 0.3 is 5.97 Å². The van der Waals surface area contributed by atoms with Crippen molar-refractivity contribution in [2.24, 2.45) is 0 Å². The summed E-state index contributed by atoms with van der Waals surface area (Å²) < 4.78 is 1.82. The summed E-state index contributed by atoms with van der Waals surface area (Å²) in [6.45, 7) is 5.20. The van der Waals surface area contributed by atoms with Gasteiger partial charge in [-0.15, -0.1) is 5.10 Å². The Kier molecular flexibility index (Phi) is 3.88. The monoisotopic (exact) mass is 288 g/mol. The molecule has 6 heteroatoms. The van der Waals surface area contributed by atoms with E-state index in [2.05, 4.69) is 22.1 Å². The first-order chi connectivity index (χ1) is 10.1. The van der Waals surface area contributed by atoms with Crippen LogP contribution in [0.25, 0.3) is 11.0 Å². The van der Waals surface area contributed by atoms with Crippen molar-refractivity contribution in [3.63, 3.8) is 0 Å². The SMILES string of the molecule is CC(Cn1nnc2ccc(C(=O)O)cc21)N1CCCCC1. The molecule has 6 nitrogen and oxygen atoms in total. The maximum atomic E-state index is 11.1. The maximum absolute atomic E-state index is 11.1. The Bertz CT molecular complexity index is 646. The third-order valence-electron chi connectivity index (χ3n) is 4.21. The molecule has 0 radical (unpaired) electrons. The maximum Gasteiger partial charge on any atom is 0.335 e. The minimum Gasteiger partial charge on any atom is -0.478 e. The van der Waals surface area contributed by atoms with E-state index >= 15 is 0 Å². The first kappa shape index (κ1) is 14.0. The van der Waals surface area contributed by atoms with Crippen LogP contribution in [0.5, 0.6) is 0 Å². The predicted molar refractivity (Wildman–Crippen MR) is 79.4 cm³/mol. The van der Waals surface area contributed by atoms with Gasteiger partial charge in [0.25, 0.3) is 0 Å². The third-order valence-corrected chi connectivity index (χ3v) is 4.21. The summed E-state index contributed by atoms with van der Waals surface area (Å²) in [6, 6.07) is 5.32. The van der Waals surface area contributed by atoms with Gasteiger partial charge in [0.05, 0.1) is 17.6 Å². The van der Waals surface area contributed by atoms with Crippen LogP contribution in [-0.2, 0) is 6.54 Å². The molecule has 1 aliphatic rings. The largest absolute Gasteiger partial charge is 0.478 e. The van der Waals surface area contributed by atoms with Gasteiger partial charge in [-0.25, -0.2) is 9.48 Å². The summed E-state index contributed by atoms with van der Waals surface area (Å²) >= 11 is 0. The molecule has 2 heterocycles. The van der Waals surface area contributed by atoms with Crippen molar-refractivity contribution in [1.82, 2.24) is 19.9 Å². The summed E-state index contributed by atoms with van der Waals surface area (Å²) in [5, 5.41) is 17.4. The molecule has 1 saturated heterocycles. The molecule has 0 aliphatic carbocycles. The van der Waals surface area contributed by atoms with Crippen molar-refractivity contribution in [3.8, 4) is 0 Å². The molecule has 1 fully saturated rings. The smallest absolute Gasteiger partial charge is 0.335 e. The third kappa shape index (κ3) is 2.90. The van der Waals surface area contributed by atoms with Gasteiger partial charge in [0.1, 0.15) is 5.52 Å². The molecule has 3 rings (SSSR count). The number of hydrogen-bond acceptors (Lipinski definition) is 4. The summed E-state index contributed by atoms with van der Waals surface area (Å²) in [5.74, 6) is -0.922. The molecule has 1 N–H and O–H groups in total. The van der Waals surface area contributed by atoms with Crippen molar-refractivity contribution in [1.29, 1.82) is 0 Å². The average molecular weight is 288 g/mol. The van der Waals surface area contributed by atoms with Crippen molar-refractivity contribution >= 4 is 17.0 Å². The van der Waals surface area contributed by atoms with Gasteiger partial charge in [-0.3, -0.25) is 4.90 Å². The lowest BCUT2D eigenvalue weighted by Crippen LogP contribution is -2.39. The molecule has 2 aromatic rings. The van der Waals surface area contributed by atoms with E-state index in [1.165, 1.54) is 19.3 Å². The number of carboxylic acid groups (broad SMARTS) is 1. The lowest BCUT2D eigenvalue weighted by atomic mass is 10.1. The number of carboxylic acids is 1. The number of fused-ring (bicyclic) bond motifs is 1. The van der Waals surface area contributed by atoms with E-state index in [0.717, 1.165) is 30.7 Å². The Balaban J connectivity index is 1.82. The van der Waals surface area contributed by atoms with Gasteiger partial charge in [-0.2, -0.15) is 0 Å². The fourth-order valence-electron chi connectivity index (χ4n) is 2.96. The van der Waals surface area contributed by atoms with Gasteiger partial charge in [-0.1, -0.05) is 11.6 Å². The van der Waals surface area contributed by atoms with Gasteiger partial charge in [0.2, 0.25) is 0 Å². The van der Waals surface area contributed by atoms with E-state index in [-0.39, 0.29) is 5.56 Å². The van der Waals surface area contributed by atoms with Gasteiger partial charge < -0.3 is 5.11 Å². The highest BCUT2D eigenvalue weighted by Crippen LogP contribution is 2.17. The second kappa shape index (κ2) is 5.81. The lowest BCUT2D eigenvalue weighted by Gasteiger charge is -2.32. The van der Waals surface area contributed by atoms with Gasteiger partial charge in [0.15, 0.2) is 0 Å². The zero-order valence-electron chi connectivity index (χ0n) is 12.2. The van der Waals surface area contributed by atoms with E-state index in [9.17, 15) is 4.79 Å². The number of carbonyl (C=O) groups is 1. The van der Waals surface area contributed by atoms with Crippen LogP contribution >= 0.6 is 0 Å². The molecule has 0 spiro atoms. The molecule has 112 valence electrons. The Morgan fingerprint density at radius 3 is 2.81 bits per heavy atom. The van der Waals surface area contributed by atoms with Crippen molar-refractivity contribution in [2.75, 3.05) is 13.1 Å². The van der Waals surface area contributed by atoms with Crippen LogP contribution in [0.3, 0.4) is 0 Å². The number of rotatable bonds is 4. The Labute approximate surface area is 123 Å². The molecule has 0 amide bonds. The second-order valence-electron chi connectivity index (χ2n) is 5.73. The molecule has 1 unspecified atom stereocenters. The number of aromatic nitrogens is 3. The van der Waals surface area contributed by atoms with Crippen LogP contribution < -0.4 is 0 Å². The number of benzene rings is 1. The first-order valence-electron chi connectivity index (χ1n) is 7.46. The highest BCUT2D eigenvalue weighted by Gasteiger charge is 2.18. The van der Waals surface area contributed by atoms with E-state index in [4.69, 9.17) is 5.11 Å². The van der Waals surface area contributed by atoms with Crippen LogP contribution in [0.15, 0.2) is 18.2 Å². The zero-order valence-corrected chi connectivity index (χ0v) is 12.2. The molecule has 1 atom stereocenters. The summed E-state index contributed by atoms with van der Waals surface area (Å²) in [5.41, 5.74) is 1.81. The number of piperidine rings is 1. The van der Waals surface area contributed by atoms with Crippen LogP contribution in [-0.4, -0.2) is 50.1 Å². The van der Waals surface area contributed by atoms with Crippen LogP contribution in [0, 0.1) is 0 Å². The van der Waals surface area contributed by atoms with E-state index in [0.29, 0.717) is 6.04 Å².